The summed E-state index contributed by atoms with van der Waals surface area (Å²) in [5.41, 5.74) is 4.56. The van der Waals surface area contributed by atoms with Crippen molar-refractivity contribution in [1.29, 1.82) is 0 Å². The quantitative estimate of drug-likeness (QED) is 0.626. The van der Waals surface area contributed by atoms with Crippen LogP contribution in [0.4, 0.5) is 0 Å². The number of carbonyl (C=O) groups excluding carboxylic acids is 2. The highest BCUT2D eigenvalue weighted by Crippen LogP contribution is 2.39. The average Bonchev–Trinajstić information content (AvgIpc) is 3.62. The van der Waals surface area contributed by atoms with Crippen LogP contribution in [0.5, 0.6) is 11.5 Å². The molecule has 1 aromatic carbocycles. The molecule has 9 nitrogen and oxygen atoms in total. The van der Waals surface area contributed by atoms with Gasteiger partial charge in [0, 0.05) is 43.4 Å². The van der Waals surface area contributed by atoms with Crippen LogP contribution in [-0.2, 0) is 30.7 Å². The van der Waals surface area contributed by atoms with Crippen LogP contribution in [0.2, 0.25) is 0 Å². The van der Waals surface area contributed by atoms with E-state index in [-0.39, 0.29) is 25.2 Å². The van der Waals surface area contributed by atoms with Gasteiger partial charge in [0.05, 0.1) is 5.69 Å². The third-order valence-electron chi connectivity index (χ3n) is 6.74. The smallest absolute Gasteiger partial charge is 0.289 e. The molecule has 1 aliphatic carbocycles. The van der Waals surface area contributed by atoms with E-state index in [1.165, 1.54) is 0 Å². The van der Waals surface area contributed by atoms with Crippen LogP contribution in [0.3, 0.4) is 0 Å². The van der Waals surface area contributed by atoms with E-state index in [9.17, 15) is 9.59 Å². The number of furan rings is 1. The van der Waals surface area contributed by atoms with Crippen LogP contribution in [0.25, 0.3) is 11.3 Å². The molecule has 0 saturated carbocycles. The molecule has 176 valence electrons. The first kappa shape index (κ1) is 20.8. The fourth-order valence-corrected chi connectivity index (χ4v) is 4.97. The van der Waals surface area contributed by atoms with Gasteiger partial charge in [0.15, 0.2) is 17.3 Å². The predicted octanol–water partition coefficient (Wildman–Crippen LogP) is 2.83. The number of rotatable bonds is 5. The lowest BCUT2D eigenvalue weighted by Gasteiger charge is -2.13. The summed E-state index contributed by atoms with van der Waals surface area (Å²) in [7, 11) is 0. The van der Waals surface area contributed by atoms with Crippen LogP contribution >= 0.6 is 0 Å². The molecule has 1 fully saturated rings. The minimum absolute atomic E-state index is 0.0340. The maximum atomic E-state index is 12.9. The van der Waals surface area contributed by atoms with Crippen molar-refractivity contribution >= 4 is 11.8 Å². The van der Waals surface area contributed by atoms with Gasteiger partial charge in [0.25, 0.3) is 5.91 Å². The molecule has 6 rings (SSSR count). The van der Waals surface area contributed by atoms with E-state index in [0.717, 1.165) is 78.2 Å². The Balaban J connectivity index is 1.16. The van der Waals surface area contributed by atoms with Gasteiger partial charge in [0.1, 0.15) is 12.3 Å². The number of carbonyl (C=O) groups is 2. The molecule has 2 amide bonds. The number of nitrogens with zero attached hydrogens (tertiary/aromatic N) is 3. The van der Waals surface area contributed by atoms with E-state index < -0.39 is 0 Å². The van der Waals surface area contributed by atoms with Gasteiger partial charge in [-0.05, 0) is 49.4 Å². The molecular formula is C25H26N4O5. The van der Waals surface area contributed by atoms with Gasteiger partial charge < -0.3 is 24.1 Å². The summed E-state index contributed by atoms with van der Waals surface area (Å²) in [6.07, 6.45) is 5.49. The Kier molecular flexibility index (Phi) is 5.04. The maximum absolute atomic E-state index is 12.9. The first-order valence-corrected chi connectivity index (χ1v) is 11.7. The number of amides is 2. The Morgan fingerprint density at radius 2 is 1.94 bits per heavy atom. The number of benzene rings is 1. The van der Waals surface area contributed by atoms with E-state index in [2.05, 4.69) is 5.32 Å². The lowest BCUT2D eigenvalue weighted by Crippen LogP contribution is -2.27. The van der Waals surface area contributed by atoms with Gasteiger partial charge in [-0.3, -0.25) is 14.3 Å². The SMILES string of the molecule is Cc1c(C(=O)N2CCCC2)oc2c1-c1nn(CC(=O)NCc3ccc4c(c3)OCO4)cc1CC2. The fraction of sp³-hybridized carbons (Fsp3) is 0.400. The van der Waals surface area contributed by atoms with Crippen molar-refractivity contribution in [3.05, 3.63) is 52.6 Å². The first-order chi connectivity index (χ1) is 16.6. The van der Waals surface area contributed by atoms with Crippen LogP contribution in [0.15, 0.2) is 28.8 Å². The van der Waals surface area contributed by atoms with Crippen molar-refractivity contribution in [3.8, 4) is 22.8 Å². The van der Waals surface area contributed by atoms with Gasteiger partial charge in [-0.1, -0.05) is 6.07 Å². The monoisotopic (exact) mass is 462 g/mol. The van der Waals surface area contributed by atoms with Gasteiger partial charge in [-0.25, -0.2) is 0 Å². The standard InChI is InChI=1S/C25H26N4O5/c1-15-22-19(34-24(15)25(31)28-8-2-3-9-28)7-5-17-12-29(27-23(17)22)13-21(30)26-11-16-4-6-18-20(10-16)33-14-32-18/h4,6,10,12H,2-3,5,7-9,11,13-14H2,1H3,(H,26,30). The van der Waals surface area contributed by atoms with E-state index in [1.54, 1.807) is 4.68 Å². The molecule has 1 N–H and O–H groups in total. The van der Waals surface area contributed by atoms with Crippen LogP contribution in [0, 0.1) is 6.92 Å². The topological polar surface area (TPSA) is 98.8 Å². The summed E-state index contributed by atoms with van der Waals surface area (Å²) in [5.74, 6) is 2.48. The maximum Gasteiger partial charge on any atom is 0.289 e. The number of fused-ring (bicyclic) bond motifs is 4. The number of hydrogen-bond donors (Lipinski definition) is 1. The first-order valence-electron chi connectivity index (χ1n) is 11.7. The van der Waals surface area contributed by atoms with Gasteiger partial charge in [-0.2, -0.15) is 5.10 Å². The van der Waals surface area contributed by atoms with Crippen molar-refractivity contribution in [1.82, 2.24) is 20.0 Å². The summed E-state index contributed by atoms with van der Waals surface area (Å²) in [6, 6.07) is 5.63. The van der Waals surface area contributed by atoms with E-state index in [0.29, 0.717) is 18.1 Å². The molecule has 0 bridgehead atoms. The van der Waals surface area contributed by atoms with Crippen LogP contribution < -0.4 is 14.8 Å². The van der Waals surface area contributed by atoms with E-state index in [4.69, 9.17) is 19.0 Å². The zero-order valence-corrected chi connectivity index (χ0v) is 19.1. The Hall–Kier alpha value is -3.75. The lowest BCUT2D eigenvalue weighted by atomic mass is 9.93. The third kappa shape index (κ3) is 3.61. The zero-order valence-electron chi connectivity index (χ0n) is 19.1. The van der Waals surface area contributed by atoms with Gasteiger partial charge >= 0.3 is 0 Å². The summed E-state index contributed by atoms with van der Waals surface area (Å²) >= 11 is 0. The molecule has 0 atom stereocenters. The number of hydrogen-bond acceptors (Lipinski definition) is 6. The number of nitrogens with one attached hydrogen (secondary N) is 1. The number of aryl methyl sites for hydroxylation is 2. The van der Waals surface area contributed by atoms with Crippen molar-refractivity contribution in [3.63, 3.8) is 0 Å². The number of likely N-dealkylation sites (tertiary alicyclic amines) is 1. The lowest BCUT2D eigenvalue weighted by molar-refractivity contribution is -0.122. The molecule has 3 aliphatic rings. The molecule has 2 aromatic heterocycles. The van der Waals surface area contributed by atoms with E-state index >= 15 is 0 Å². The second kappa shape index (κ2) is 8.23. The van der Waals surface area contributed by atoms with Gasteiger partial charge in [0.2, 0.25) is 12.7 Å². The third-order valence-corrected chi connectivity index (χ3v) is 6.74. The number of aromatic nitrogens is 2. The van der Waals surface area contributed by atoms with E-state index in [1.807, 2.05) is 36.2 Å². The molecular weight excluding hydrogens is 436 g/mol. The van der Waals surface area contributed by atoms with Crippen LogP contribution in [-0.4, -0.2) is 46.4 Å². The summed E-state index contributed by atoms with van der Waals surface area (Å²) in [5, 5.41) is 7.63. The molecule has 3 aromatic rings. The molecule has 34 heavy (non-hydrogen) atoms. The van der Waals surface area contributed by atoms with Gasteiger partial charge in [-0.15, -0.1) is 0 Å². The molecule has 2 aliphatic heterocycles. The Morgan fingerprint density at radius 1 is 1.12 bits per heavy atom. The molecule has 4 heterocycles. The molecule has 0 radical (unpaired) electrons. The van der Waals surface area contributed by atoms with Crippen molar-refractivity contribution in [2.24, 2.45) is 0 Å². The zero-order chi connectivity index (χ0) is 23.2. The highest BCUT2D eigenvalue weighted by molar-refractivity contribution is 5.95. The summed E-state index contributed by atoms with van der Waals surface area (Å²) in [6.45, 7) is 4.22. The average molecular weight is 463 g/mol. The van der Waals surface area contributed by atoms with Crippen molar-refractivity contribution < 1.29 is 23.5 Å². The largest absolute Gasteiger partial charge is 0.455 e. The van der Waals surface area contributed by atoms with Crippen LogP contribution in [0.1, 0.15) is 45.8 Å². The highest BCUT2D eigenvalue weighted by atomic mass is 16.7. The molecule has 1 saturated heterocycles. The Bertz CT molecular complexity index is 1280. The second-order valence-corrected chi connectivity index (χ2v) is 9.02. The predicted molar refractivity (Wildman–Crippen MR) is 122 cm³/mol. The number of ether oxygens (including phenoxy) is 2. The minimum atomic E-state index is -0.133. The Morgan fingerprint density at radius 3 is 2.79 bits per heavy atom. The molecule has 9 heteroatoms. The normalized spacial score (nSPS) is 15.9. The molecule has 0 unspecified atom stereocenters. The van der Waals surface area contributed by atoms with Crippen molar-refractivity contribution in [2.45, 2.75) is 45.7 Å². The second-order valence-electron chi connectivity index (χ2n) is 9.02. The summed E-state index contributed by atoms with van der Waals surface area (Å²) < 4.78 is 18.4. The van der Waals surface area contributed by atoms with Crippen molar-refractivity contribution in [2.75, 3.05) is 19.9 Å². The molecule has 0 spiro atoms. The minimum Gasteiger partial charge on any atom is -0.455 e. The highest BCUT2D eigenvalue weighted by Gasteiger charge is 2.32. The Labute approximate surface area is 196 Å². The summed E-state index contributed by atoms with van der Waals surface area (Å²) in [4.78, 5) is 27.4. The fourth-order valence-electron chi connectivity index (χ4n) is 4.97.